The van der Waals surface area contributed by atoms with Gasteiger partial charge in [0.25, 0.3) is 5.91 Å². The van der Waals surface area contributed by atoms with E-state index in [1.807, 2.05) is 26.0 Å². The van der Waals surface area contributed by atoms with Crippen molar-refractivity contribution in [2.24, 2.45) is 5.14 Å². The van der Waals surface area contributed by atoms with Gasteiger partial charge in [0, 0.05) is 22.7 Å². The van der Waals surface area contributed by atoms with E-state index in [4.69, 9.17) is 16.7 Å². The highest BCUT2D eigenvalue weighted by atomic mass is 35.5. The van der Waals surface area contributed by atoms with Gasteiger partial charge in [0.15, 0.2) is 0 Å². The largest absolute Gasteiger partial charge is 0.306 e. The van der Waals surface area contributed by atoms with Gasteiger partial charge in [-0.3, -0.25) is 4.79 Å². The SMILES string of the molecule is CC1(C)CN(C(=O)c2ccc(S(N)(=O)=O)s2)c2ccc(Cl)cc21. The zero-order valence-electron chi connectivity index (χ0n) is 12.5. The molecule has 0 radical (unpaired) electrons. The quantitative estimate of drug-likeness (QED) is 0.882. The summed E-state index contributed by atoms with van der Waals surface area (Å²) in [5.41, 5.74) is 1.58. The van der Waals surface area contributed by atoms with Crippen LogP contribution in [-0.2, 0) is 15.4 Å². The maximum atomic E-state index is 12.8. The fourth-order valence-electron chi connectivity index (χ4n) is 2.75. The first-order valence-electron chi connectivity index (χ1n) is 6.84. The van der Waals surface area contributed by atoms with Crippen LogP contribution in [-0.4, -0.2) is 20.9 Å². The number of sulfonamides is 1. The van der Waals surface area contributed by atoms with E-state index >= 15 is 0 Å². The molecule has 2 N–H and O–H groups in total. The summed E-state index contributed by atoms with van der Waals surface area (Å²) in [6.45, 7) is 4.59. The molecule has 23 heavy (non-hydrogen) atoms. The summed E-state index contributed by atoms with van der Waals surface area (Å²) >= 11 is 6.95. The number of halogens is 1. The first kappa shape index (κ1) is 16.4. The molecule has 8 heteroatoms. The van der Waals surface area contributed by atoms with E-state index in [1.54, 1.807) is 11.0 Å². The second-order valence-corrected chi connectivity index (χ2v) is 9.41. The summed E-state index contributed by atoms with van der Waals surface area (Å²) in [5.74, 6) is -0.237. The average molecular weight is 371 g/mol. The lowest BCUT2D eigenvalue weighted by Gasteiger charge is -2.20. The van der Waals surface area contributed by atoms with Crippen LogP contribution in [0, 0.1) is 0 Å². The van der Waals surface area contributed by atoms with Crippen molar-refractivity contribution in [3.05, 3.63) is 45.8 Å². The molecular weight excluding hydrogens is 356 g/mol. The van der Waals surface area contributed by atoms with Crippen LogP contribution >= 0.6 is 22.9 Å². The van der Waals surface area contributed by atoms with Crippen LogP contribution in [0.3, 0.4) is 0 Å². The lowest BCUT2D eigenvalue weighted by atomic mass is 9.87. The third-order valence-electron chi connectivity index (χ3n) is 3.85. The number of thiophene rings is 1. The molecule has 0 spiro atoms. The Hall–Kier alpha value is -1.41. The number of primary sulfonamides is 1. The minimum absolute atomic E-state index is 0.0179. The molecule has 0 unspecified atom stereocenters. The lowest BCUT2D eigenvalue weighted by molar-refractivity contribution is 0.0990. The fraction of sp³-hybridized carbons (Fsp3) is 0.267. The Morgan fingerprint density at radius 1 is 1.30 bits per heavy atom. The molecule has 1 aliphatic rings. The molecule has 3 rings (SSSR count). The van der Waals surface area contributed by atoms with Crippen LogP contribution in [0.15, 0.2) is 34.5 Å². The van der Waals surface area contributed by atoms with Crippen LogP contribution in [0.25, 0.3) is 0 Å². The van der Waals surface area contributed by atoms with E-state index in [0.29, 0.717) is 16.4 Å². The van der Waals surface area contributed by atoms with Crippen molar-refractivity contribution in [2.45, 2.75) is 23.5 Å². The maximum absolute atomic E-state index is 12.8. The smallest absolute Gasteiger partial charge is 0.268 e. The number of nitrogens with zero attached hydrogens (tertiary/aromatic N) is 1. The van der Waals surface area contributed by atoms with E-state index in [0.717, 1.165) is 22.6 Å². The summed E-state index contributed by atoms with van der Waals surface area (Å²) in [4.78, 5) is 14.8. The minimum atomic E-state index is -3.80. The summed E-state index contributed by atoms with van der Waals surface area (Å²) in [6, 6.07) is 8.28. The third-order valence-corrected chi connectivity index (χ3v) is 6.60. The molecule has 122 valence electrons. The molecule has 0 atom stereocenters. The first-order chi connectivity index (χ1) is 10.6. The second-order valence-electron chi connectivity index (χ2n) is 6.10. The topological polar surface area (TPSA) is 80.5 Å². The van der Waals surface area contributed by atoms with Gasteiger partial charge in [-0.2, -0.15) is 0 Å². The van der Waals surface area contributed by atoms with Crippen molar-refractivity contribution in [2.75, 3.05) is 11.4 Å². The molecule has 0 bridgehead atoms. The molecule has 0 aliphatic carbocycles. The summed E-state index contributed by atoms with van der Waals surface area (Å²) in [7, 11) is -3.80. The second kappa shape index (κ2) is 5.31. The van der Waals surface area contributed by atoms with E-state index in [1.165, 1.54) is 12.1 Å². The van der Waals surface area contributed by atoms with Crippen LogP contribution in [0.5, 0.6) is 0 Å². The number of rotatable bonds is 2. The molecule has 5 nitrogen and oxygen atoms in total. The predicted octanol–water partition coefficient (Wildman–Crippen LogP) is 2.99. The van der Waals surface area contributed by atoms with E-state index < -0.39 is 10.0 Å². The van der Waals surface area contributed by atoms with Gasteiger partial charge in [0.2, 0.25) is 10.0 Å². The lowest BCUT2D eigenvalue weighted by Crippen LogP contribution is -2.33. The monoisotopic (exact) mass is 370 g/mol. The Labute approximate surface area is 143 Å². The van der Waals surface area contributed by atoms with E-state index in [2.05, 4.69) is 0 Å². The van der Waals surface area contributed by atoms with Gasteiger partial charge in [-0.1, -0.05) is 25.4 Å². The predicted molar refractivity (Wildman–Crippen MR) is 91.8 cm³/mol. The Morgan fingerprint density at radius 2 is 2.00 bits per heavy atom. The Bertz CT molecular complexity index is 903. The van der Waals surface area contributed by atoms with Crippen LogP contribution < -0.4 is 10.0 Å². The molecule has 0 saturated heterocycles. The fourth-order valence-corrected chi connectivity index (χ4v) is 4.60. The van der Waals surface area contributed by atoms with Crippen LogP contribution in [0.1, 0.15) is 29.1 Å². The number of amides is 1. The van der Waals surface area contributed by atoms with Crippen LogP contribution in [0.2, 0.25) is 5.02 Å². The van der Waals surface area contributed by atoms with Gasteiger partial charge in [0.05, 0.1) is 4.88 Å². The zero-order chi connectivity index (χ0) is 17.0. The van der Waals surface area contributed by atoms with Gasteiger partial charge in [0.1, 0.15) is 4.21 Å². The van der Waals surface area contributed by atoms with Crippen molar-refractivity contribution >= 4 is 44.6 Å². The van der Waals surface area contributed by atoms with Crippen molar-refractivity contribution in [1.82, 2.24) is 0 Å². The molecular formula is C15H15ClN2O3S2. The van der Waals surface area contributed by atoms with Crippen molar-refractivity contribution in [1.29, 1.82) is 0 Å². The van der Waals surface area contributed by atoms with Crippen molar-refractivity contribution in [3.63, 3.8) is 0 Å². The number of nitrogens with two attached hydrogens (primary N) is 1. The Balaban J connectivity index is 2.01. The van der Waals surface area contributed by atoms with Gasteiger partial charge in [-0.25, -0.2) is 13.6 Å². The number of anilines is 1. The third kappa shape index (κ3) is 2.89. The van der Waals surface area contributed by atoms with E-state index in [-0.39, 0.29) is 15.5 Å². The minimum Gasteiger partial charge on any atom is -0.306 e. The molecule has 1 aliphatic heterocycles. The summed E-state index contributed by atoms with van der Waals surface area (Å²) in [6.07, 6.45) is 0. The highest BCUT2D eigenvalue weighted by molar-refractivity contribution is 7.91. The summed E-state index contributed by atoms with van der Waals surface area (Å²) < 4.78 is 22.7. The molecule has 2 heterocycles. The van der Waals surface area contributed by atoms with Gasteiger partial charge in [-0.15, -0.1) is 11.3 Å². The van der Waals surface area contributed by atoms with Crippen LogP contribution in [0.4, 0.5) is 5.69 Å². The molecule has 2 aromatic rings. The number of carbonyl (C=O) groups excluding carboxylic acids is 1. The van der Waals surface area contributed by atoms with Gasteiger partial charge in [-0.05, 0) is 35.9 Å². The number of benzene rings is 1. The molecule has 1 aromatic heterocycles. The van der Waals surface area contributed by atoms with Gasteiger partial charge >= 0.3 is 0 Å². The zero-order valence-corrected chi connectivity index (χ0v) is 14.9. The highest BCUT2D eigenvalue weighted by Crippen LogP contribution is 2.42. The average Bonchev–Trinajstić information content (AvgIpc) is 3.02. The highest BCUT2D eigenvalue weighted by Gasteiger charge is 2.38. The van der Waals surface area contributed by atoms with Crippen molar-refractivity contribution in [3.8, 4) is 0 Å². The maximum Gasteiger partial charge on any atom is 0.268 e. The first-order valence-corrected chi connectivity index (χ1v) is 9.58. The van der Waals surface area contributed by atoms with Crippen molar-refractivity contribution < 1.29 is 13.2 Å². The van der Waals surface area contributed by atoms with E-state index in [9.17, 15) is 13.2 Å². The standard InChI is InChI=1S/C15H15ClN2O3S2/c1-15(2)8-18(11-4-3-9(16)7-10(11)15)14(19)12-5-6-13(22-12)23(17,20)21/h3-7H,8H2,1-2H3,(H2,17,20,21). The number of carbonyl (C=O) groups is 1. The normalized spacial score (nSPS) is 16.4. The van der Waals surface area contributed by atoms with Gasteiger partial charge < -0.3 is 4.90 Å². The summed E-state index contributed by atoms with van der Waals surface area (Å²) in [5, 5.41) is 5.73. The molecule has 1 aromatic carbocycles. The molecule has 0 saturated carbocycles. The number of fused-ring (bicyclic) bond motifs is 1. The Morgan fingerprint density at radius 3 is 2.61 bits per heavy atom. The Kier molecular flexibility index (Phi) is 3.79. The molecule has 0 fully saturated rings. The number of hydrogen-bond donors (Lipinski definition) is 1. The number of hydrogen-bond acceptors (Lipinski definition) is 4. The molecule has 1 amide bonds.